The van der Waals surface area contributed by atoms with Crippen molar-refractivity contribution in [2.45, 2.75) is 38.6 Å². The van der Waals surface area contributed by atoms with Crippen molar-refractivity contribution in [1.82, 2.24) is 5.32 Å². The second-order valence-corrected chi connectivity index (χ2v) is 4.94. The van der Waals surface area contributed by atoms with E-state index in [0.717, 1.165) is 10.9 Å². The van der Waals surface area contributed by atoms with Crippen molar-refractivity contribution < 1.29 is 9.53 Å². The number of nitrogens with one attached hydrogen (secondary N) is 1. The quantitative estimate of drug-likeness (QED) is 0.785. The Labute approximate surface area is 98.4 Å². The molecule has 0 saturated heterocycles. The molecule has 0 aromatic carbocycles. The van der Waals surface area contributed by atoms with Gasteiger partial charge in [-0.05, 0) is 19.8 Å². The van der Waals surface area contributed by atoms with Gasteiger partial charge in [0.2, 0.25) is 0 Å². The lowest BCUT2D eigenvalue weighted by Gasteiger charge is -2.25. The van der Waals surface area contributed by atoms with Gasteiger partial charge in [0, 0.05) is 16.4 Å². The van der Waals surface area contributed by atoms with E-state index in [0.29, 0.717) is 24.3 Å². The third-order valence-corrected chi connectivity index (χ3v) is 4.12. The highest BCUT2D eigenvalue weighted by molar-refractivity contribution is 9.11. The maximum atomic E-state index is 11.6. The molecule has 2 atom stereocenters. The SMILES string of the molecule is CCOC(=O)C1=C(Br)C2CCCCC2N1. The molecule has 15 heavy (non-hydrogen) atoms. The fourth-order valence-electron chi connectivity index (χ4n) is 2.41. The maximum absolute atomic E-state index is 11.6. The van der Waals surface area contributed by atoms with Gasteiger partial charge in [0.15, 0.2) is 0 Å². The van der Waals surface area contributed by atoms with Crippen molar-refractivity contribution >= 4 is 21.9 Å². The number of ether oxygens (including phenoxy) is 1. The zero-order valence-electron chi connectivity index (χ0n) is 8.88. The number of carbonyl (C=O) groups is 1. The van der Waals surface area contributed by atoms with Crippen molar-refractivity contribution in [2.24, 2.45) is 5.92 Å². The number of rotatable bonds is 2. The Kier molecular flexibility index (Phi) is 3.34. The van der Waals surface area contributed by atoms with E-state index < -0.39 is 0 Å². The molecule has 84 valence electrons. The van der Waals surface area contributed by atoms with Crippen molar-refractivity contribution in [2.75, 3.05) is 6.61 Å². The second kappa shape index (κ2) is 4.56. The fraction of sp³-hybridized carbons (Fsp3) is 0.727. The Bertz CT molecular complexity index is 301. The Balaban J connectivity index is 2.11. The average molecular weight is 274 g/mol. The molecule has 1 heterocycles. The third-order valence-electron chi connectivity index (χ3n) is 3.14. The summed E-state index contributed by atoms with van der Waals surface area (Å²) in [6.45, 7) is 2.26. The average Bonchev–Trinajstić information content (AvgIpc) is 2.57. The molecule has 2 rings (SSSR count). The van der Waals surface area contributed by atoms with E-state index in [-0.39, 0.29) is 5.97 Å². The van der Waals surface area contributed by atoms with Gasteiger partial charge in [-0.1, -0.05) is 28.8 Å². The van der Waals surface area contributed by atoms with Crippen LogP contribution in [0.5, 0.6) is 0 Å². The smallest absolute Gasteiger partial charge is 0.355 e. The van der Waals surface area contributed by atoms with Crippen LogP contribution >= 0.6 is 15.9 Å². The summed E-state index contributed by atoms with van der Waals surface area (Å²) in [5.74, 6) is 0.261. The molecule has 3 nitrogen and oxygen atoms in total. The molecule has 2 aliphatic rings. The number of hydrogen-bond donors (Lipinski definition) is 1. The first kappa shape index (κ1) is 11.0. The van der Waals surface area contributed by atoms with Gasteiger partial charge in [0.1, 0.15) is 5.70 Å². The molecule has 2 unspecified atom stereocenters. The summed E-state index contributed by atoms with van der Waals surface area (Å²) in [6.07, 6.45) is 4.84. The van der Waals surface area contributed by atoms with E-state index in [9.17, 15) is 4.79 Å². The number of carbonyl (C=O) groups excluding carboxylic acids is 1. The first-order chi connectivity index (χ1) is 7.24. The summed E-state index contributed by atoms with van der Waals surface area (Å²) >= 11 is 3.53. The van der Waals surface area contributed by atoms with E-state index in [1.165, 1.54) is 19.3 Å². The molecule has 4 heteroatoms. The van der Waals surface area contributed by atoms with E-state index in [1.54, 1.807) is 0 Å². The largest absolute Gasteiger partial charge is 0.461 e. The third kappa shape index (κ3) is 2.05. The van der Waals surface area contributed by atoms with Crippen LogP contribution in [-0.4, -0.2) is 18.6 Å². The molecule has 0 aromatic rings. The summed E-state index contributed by atoms with van der Waals surface area (Å²) in [5, 5.41) is 3.29. The highest BCUT2D eigenvalue weighted by atomic mass is 79.9. The summed E-state index contributed by atoms with van der Waals surface area (Å²) in [4.78, 5) is 11.6. The zero-order valence-corrected chi connectivity index (χ0v) is 10.5. The molecule has 1 aliphatic carbocycles. The minimum absolute atomic E-state index is 0.223. The van der Waals surface area contributed by atoms with Gasteiger partial charge in [-0.25, -0.2) is 4.79 Å². The van der Waals surface area contributed by atoms with Crippen LogP contribution in [0.1, 0.15) is 32.6 Å². The Morgan fingerprint density at radius 2 is 2.27 bits per heavy atom. The lowest BCUT2D eigenvalue weighted by atomic mass is 9.86. The van der Waals surface area contributed by atoms with Crippen LogP contribution in [0.4, 0.5) is 0 Å². The lowest BCUT2D eigenvalue weighted by molar-refractivity contribution is -0.138. The van der Waals surface area contributed by atoms with Gasteiger partial charge in [-0.3, -0.25) is 0 Å². The molecular formula is C11H16BrNO2. The van der Waals surface area contributed by atoms with Gasteiger partial charge in [0.05, 0.1) is 6.61 Å². The van der Waals surface area contributed by atoms with Crippen LogP contribution in [0.2, 0.25) is 0 Å². The molecule has 0 aromatic heterocycles. The Morgan fingerprint density at radius 1 is 1.53 bits per heavy atom. The van der Waals surface area contributed by atoms with Crippen LogP contribution in [0.3, 0.4) is 0 Å². The summed E-state index contributed by atoms with van der Waals surface area (Å²) in [6, 6.07) is 0.438. The normalized spacial score (nSPS) is 29.7. The van der Waals surface area contributed by atoms with Crippen molar-refractivity contribution in [1.29, 1.82) is 0 Å². The lowest BCUT2D eigenvalue weighted by Crippen LogP contribution is -2.33. The van der Waals surface area contributed by atoms with E-state index in [1.807, 2.05) is 6.92 Å². The number of fused-ring (bicyclic) bond motifs is 1. The standard InChI is InChI=1S/C11H16BrNO2/c1-2-15-11(14)10-9(12)7-5-3-4-6-8(7)13-10/h7-8,13H,2-6H2,1H3. The van der Waals surface area contributed by atoms with Gasteiger partial charge >= 0.3 is 5.97 Å². The number of hydrogen-bond acceptors (Lipinski definition) is 3. The monoisotopic (exact) mass is 273 g/mol. The van der Waals surface area contributed by atoms with E-state index in [4.69, 9.17) is 4.74 Å². The van der Waals surface area contributed by atoms with Gasteiger partial charge < -0.3 is 10.1 Å². The van der Waals surface area contributed by atoms with Crippen molar-refractivity contribution in [3.8, 4) is 0 Å². The van der Waals surface area contributed by atoms with E-state index in [2.05, 4.69) is 21.2 Å². The molecule has 0 radical (unpaired) electrons. The minimum Gasteiger partial charge on any atom is -0.461 e. The predicted molar refractivity (Wildman–Crippen MR) is 61.5 cm³/mol. The Hall–Kier alpha value is -0.510. The molecule has 1 fully saturated rings. The molecule has 0 amide bonds. The van der Waals surface area contributed by atoms with Crippen LogP contribution in [-0.2, 0) is 9.53 Å². The van der Waals surface area contributed by atoms with Crippen molar-refractivity contribution in [3.63, 3.8) is 0 Å². The number of esters is 1. The first-order valence-electron chi connectivity index (χ1n) is 5.57. The van der Waals surface area contributed by atoms with Gasteiger partial charge in [0.25, 0.3) is 0 Å². The predicted octanol–water partition coefficient (Wildman–Crippen LogP) is 2.32. The fourth-order valence-corrected chi connectivity index (χ4v) is 3.23. The van der Waals surface area contributed by atoms with Crippen LogP contribution < -0.4 is 5.32 Å². The van der Waals surface area contributed by atoms with Crippen LogP contribution in [0.15, 0.2) is 10.2 Å². The first-order valence-corrected chi connectivity index (χ1v) is 6.36. The molecular weight excluding hydrogens is 258 g/mol. The zero-order chi connectivity index (χ0) is 10.8. The van der Waals surface area contributed by atoms with Crippen LogP contribution in [0.25, 0.3) is 0 Å². The van der Waals surface area contributed by atoms with Crippen molar-refractivity contribution in [3.05, 3.63) is 10.2 Å². The highest BCUT2D eigenvalue weighted by Crippen LogP contribution is 2.39. The second-order valence-electron chi connectivity index (χ2n) is 4.09. The van der Waals surface area contributed by atoms with Crippen LogP contribution in [0, 0.1) is 5.92 Å². The number of halogens is 1. The molecule has 1 N–H and O–H groups in total. The molecule has 1 saturated carbocycles. The highest BCUT2D eigenvalue weighted by Gasteiger charge is 2.37. The van der Waals surface area contributed by atoms with Gasteiger partial charge in [-0.2, -0.15) is 0 Å². The molecule has 1 aliphatic heterocycles. The van der Waals surface area contributed by atoms with E-state index >= 15 is 0 Å². The molecule has 0 bridgehead atoms. The summed E-state index contributed by atoms with van der Waals surface area (Å²) < 4.78 is 6.03. The Morgan fingerprint density at radius 3 is 2.93 bits per heavy atom. The van der Waals surface area contributed by atoms with Gasteiger partial charge in [-0.15, -0.1) is 0 Å². The topological polar surface area (TPSA) is 38.3 Å². The summed E-state index contributed by atoms with van der Waals surface area (Å²) in [5.41, 5.74) is 0.647. The minimum atomic E-state index is -0.223. The summed E-state index contributed by atoms with van der Waals surface area (Å²) in [7, 11) is 0. The molecule has 0 spiro atoms. The maximum Gasteiger partial charge on any atom is 0.355 e.